The van der Waals surface area contributed by atoms with Gasteiger partial charge < -0.3 is 15.8 Å². The van der Waals surface area contributed by atoms with Crippen LogP contribution in [-0.4, -0.2) is 33.7 Å². The van der Waals surface area contributed by atoms with E-state index in [2.05, 4.69) is 10.4 Å². The Morgan fingerprint density at radius 2 is 2.03 bits per heavy atom. The molecule has 0 saturated carbocycles. The molecule has 2 amide bonds. The van der Waals surface area contributed by atoms with E-state index in [1.807, 2.05) is 24.4 Å². The Labute approximate surface area is 176 Å². The van der Waals surface area contributed by atoms with Crippen LogP contribution in [0.4, 0.5) is 5.69 Å². The first kappa shape index (κ1) is 19.6. The van der Waals surface area contributed by atoms with Crippen molar-refractivity contribution < 1.29 is 14.3 Å². The standard InChI is InChI=1S/C21H19N5O3S/c1-11-18-13(10-15(17-5-4-8-30-17)23-20(18)26(2)25-11)21(28)24-14-9-12(19(22)27)6-7-16(14)29-3/h4-10H,1-3H3,(H2,22,27)(H,24,28). The van der Waals surface area contributed by atoms with E-state index in [4.69, 9.17) is 15.5 Å². The van der Waals surface area contributed by atoms with Gasteiger partial charge in [0, 0.05) is 12.6 Å². The van der Waals surface area contributed by atoms with Crippen LogP contribution >= 0.6 is 11.3 Å². The van der Waals surface area contributed by atoms with Gasteiger partial charge in [-0.15, -0.1) is 11.3 Å². The third kappa shape index (κ3) is 3.39. The summed E-state index contributed by atoms with van der Waals surface area (Å²) in [5.41, 5.74) is 8.42. The molecule has 0 aliphatic rings. The number of nitrogens with one attached hydrogen (secondary N) is 1. The molecule has 0 unspecified atom stereocenters. The molecule has 0 saturated heterocycles. The summed E-state index contributed by atoms with van der Waals surface area (Å²) in [6.07, 6.45) is 0. The fraction of sp³-hybridized carbons (Fsp3) is 0.143. The van der Waals surface area contributed by atoms with Crippen LogP contribution in [0.2, 0.25) is 0 Å². The van der Waals surface area contributed by atoms with Crippen molar-refractivity contribution in [2.75, 3.05) is 12.4 Å². The number of ether oxygens (including phenoxy) is 1. The number of carbonyl (C=O) groups excluding carboxylic acids is 2. The van der Waals surface area contributed by atoms with Gasteiger partial charge in [-0.25, -0.2) is 4.98 Å². The van der Waals surface area contributed by atoms with Gasteiger partial charge in [-0.3, -0.25) is 14.3 Å². The Kier molecular flexibility index (Phi) is 4.96. The van der Waals surface area contributed by atoms with E-state index in [0.29, 0.717) is 39.4 Å². The number of carbonyl (C=O) groups is 2. The van der Waals surface area contributed by atoms with Crippen molar-refractivity contribution >= 4 is 39.9 Å². The fourth-order valence-corrected chi connectivity index (χ4v) is 4.01. The Morgan fingerprint density at radius 3 is 2.70 bits per heavy atom. The highest BCUT2D eigenvalue weighted by Crippen LogP contribution is 2.31. The number of benzene rings is 1. The lowest BCUT2D eigenvalue weighted by atomic mass is 10.1. The van der Waals surface area contributed by atoms with Gasteiger partial charge in [-0.2, -0.15) is 5.10 Å². The molecule has 152 valence electrons. The molecule has 0 atom stereocenters. The molecule has 1 aromatic carbocycles. The van der Waals surface area contributed by atoms with Crippen molar-refractivity contribution in [3.63, 3.8) is 0 Å². The number of nitrogens with two attached hydrogens (primary N) is 1. The quantitative estimate of drug-likeness (QED) is 0.513. The number of pyridine rings is 1. The van der Waals surface area contributed by atoms with Gasteiger partial charge >= 0.3 is 0 Å². The lowest BCUT2D eigenvalue weighted by molar-refractivity contribution is 0.0996. The molecule has 9 heteroatoms. The minimum Gasteiger partial charge on any atom is -0.495 e. The smallest absolute Gasteiger partial charge is 0.256 e. The van der Waals surface area contributed by atoms with Crippen LogP contribution in [-0.2, 0) is 7.05 Å². The molecule has 3 aromatic heterocycles. The van der Waals surface area contributed by atoms with E-state index < -0.39 is 5.91 Å². The zero-order chi connectivity index (χ0) is 21.4. The van der Waals surface area contributed by atoms with Crippen LogP contribution in [0.1, 0.15) is 26.4 Å². The molecule has 3 heterocycles. The molecule has 0 aliphatic carbocycles. The van der Waals surface area contributed by atoms with E-state index in [-0.39, 0.29) is 11.5 Å². The molecule has 8 nitrogen and oxygen atoms in total. The first-order chi connectivity index (χ1) is 14.4. The molecule has 0 radical (unpaired) electrons. The van der Waals surface area contributed by atoms with Crippen molar-refractivity contribution in [3.05, 3.63) is 58.6 Å². The number of methoxy groups -OCH3 is 1. The highest BCUT2D eigenvalue weighted by molar-refractivity contribution is 7.13. The number of hydrogen-bond donors (Lipinski definition) is 2. The van der Waals surface area contributed by atoms with Crippen LogP contribution in [0.25, 0.3) is 21.6 Å². The minimum atomic E-state index is -0.595. The number of amides is 2. The summed E-state index contributed by atoms with van der Waals surface area (Å²) < 4.78 is 6.98. The summed E-state index contributed by atoms with van der Waals surface area (Å²) >= 11 is 1.54. The summed E-state index contributed by atoms with van der Waals surface area (Å²) in [7, 11) is 3.28. The summed E-state index contributed by atoms with van der Waals surface area (Å²) in [4.78, 5) is 30.5. The second-order valence-electron chi connectivity index (χ2n) is 6.67. The van der Waals surface area contributed by atoms with E-state index in [1.165, 1.54) is 24.5 Å². The van der Waals surface area contributed by atoms with Crippen LogP contribution in [0.15, 0.2) is 41.8 Å². The molecular formula is C21H19N5O3S. The molecule has 0 fully saturated rings. The Hall–Kier alpha value is -3.72. The monoisotopic (exact) mass is 421 g/mol. The third-order valence-corrected chi connectivity index (χ3v) is 5.61. The molecule has 30 heavy (non-hydrogen) atoms. The molecule has 0 spiro atoms. The van der Waals surface area contributed by atoms with Gasteiger partial charge in [0.1, 0.15) is 5.75 Å². The number of aryl methyl sites for hydroxylation is 2. The predicted octanol–water partition coefficient (Wildman–Crippen LogP) is 3.37. The van der Waals surface area contributed by atoms with Crippen molar-refractivity contribution in [1.82, 2.24) is 14.8 Å². The number of anilines is 1. The Bertz CT molecular complexity index is 1280. The maximum atomic E-state index is 13.3. The van der Waals surface area contributed by atoms with Crippen molar-refractivity contribution in [2.24, 2.45) is 12.8 Å². The largest absolute Gasteiger partial charge is 0.495 e. The number of thiophene rings is 1. The highest BCUT2D eigenvalue weighted by atomic mass is 32.1. The number of fused-ring (bicyclic) bond motifs is 1. The van der Waals surface area contributed by atoms with Crippen molar-refractivity contribution in [3.8, 4) is 16.3 Å². The number of primary amides is 1. The maximum Gasteiger partial charge on any atom is 0.256 e. The van der Waals surface area contributed by atoms with Crippen LogP contribution in [0.3, 0.4) is 0 Å². The van der Waals surface area contributed by atoms with Gasteiger partial charge in [0.05, 0.1) is 40.0 Å². The predicted molar refractivity (Wildman–Crippen MR) is 116 cm³/mol. The van der Waals surface area contributed by atoms with Crippen molar-refractivity contribution in [2.45, 2.75) is 6.92 Å². The second-order valence-corrected chi connectivity index (χ2v) is 7.62. The van der Waals surface area contributed by atoms with Crippen molar-refractivity contribution in [1.29, 1.82) is 0 Å². The lowest BCUT2D eigenvalue weighted by Gasteiger charge is -2.12. The van der Waals surface area contributed by atoms with Gasteiger partial charge in [-0.05, 0) is 42.6 Å². The van der Waals surface area contributed by atoms with E-state index in [0.717, 1.165) is 4.88 Å². The highest BCUT2D eigenvalue weighted by Gasteiger charge is 2.21. The molecule has 4 rings (SSSR count). The summed E-state index contributed by atoms with van der Waals surface area (Å²) in [5.74, 6) is -0.543. The first-order valence-corrected chi connectivity index (χ1v) is 9.94. The molecule has 4 aromatic rings. The average molecular weight is 421 g/mol. The zero-order valence-corrected chi connectivity index (χ0v) is 17.4. The van der Waals surface area contributed by atoms with Crippen LogP contribution in [0.5, 0.6) is 5.75 Å². The molecular weight excluding hydrogens is 402 g/mol. The number of aromatic nitrogens is 3. The summed E-state index contributed by atoms with van der Waals surface area (Å²) in [6.45, 7) is 1.83. The number of hydrogen-bond acceptors (Lipinski definition) is 6. The number of nitrogens with zero attached hydrogens (tertiary/aromatic N) is 3. The summed E-state index contributed by atoms with van der Waals surface area (Å²) in [6, 6.07) is 10.3. The average Bonchev–Trinajstić information content (AvgIpc) is 3.36. The Morgan fingerprint density at radius 1 is 1.23 bits per heavy atom. The van der Waals surface area contributed by atoms with Gasteiger partial charge in [-0.1, -0.05) is 6.07 Å². The van der Waals surface area contributed by atoms with Gasteiger partial charge in [0.2, 0.25) is 5.91 Å². The SMILES string of the molecule is COc1ccc(C(N)=O)cc1NC(=O)c1cc(-c2cccs2)nc2c1c(C)nn2C. The topological polar surface area (TPSA) is 112 Å². The van der Waals surface area contributed by atoms with E-state index in [1.54, 1.807) is 29.9 Å². The molecule has 0 aliphatic heterocycles. The molecule has 0 bridgehead atoms. The van der Waals surface area contributed by atoms with Gasteiger partial charge in [0.25, 0.3) is 5.91 Å². The van der Waals surface area contributed by atoms with E-state index in [9.17, 15) is 9.59 Å². The lowest BCUT2D eigenvalue weighted by Crippen LogP contribution is -2.16. The van der Waals surface area contributed by atoms with Crippen LogP contribution in [0, 0.1) is 6.92 Å². The maximum absolute atomic E-state index is 13.3. The minimum absolute atomic E-state index is 0.266. The fourth-order valence-electron chi connectivity index (χ4n) is 3.32. The third-order valence-electron chi connectivity index (χ3n) is 4.72. The van der Waals surface area contributed by atoms with Crippen LogP contribution < -0.4 is 15.8 Å². The normalized spacial score (nSPS) is 10.9. The number of rotatable bonds is 5. The second kappa shape index (κ2) is 7.60. The summed E-state index contributed by atoms with van der Waals surface area (Å²) in [5, 5.41) is 9.89. The first-order valence-electron chi connectivity index (χ1n) is 9.06. The van der Waals surface area contributed by atoms with Gasteiger partial charge in [0.15, 0.2) is 5.65 Å². The molecule has 3 N–H and O–H groups in total. The van der Waals surface area contributed by atoms with E-state index >= 15 is 0 Å². The Balaban J connectivity index is 1.84. The zero-order valence-electron chi connectivity index (χ0n) is 16.6.